The van der Waals surface area contributed by atoms with E-state index in [0.29, 0.717) is 5.75 Å². The second-order valence-electron chi connectivity index (χ2n) is 5.37. The molecule has 0 radical (unpaired) electrons. The molecule has 1 N–H and O–H groups in total. The molecule has 0 aromatic heterocycles. The first-order chi connectivity index (χ1) is 9.76. The van der Waals surface area contributed by atoms with Crippen LogP contribution in [0.15, 0.2) is 42.5 Å². The fourth-order valence-corrected chi connectivity index (χ4v) is 2.59. The minimum absolute atomic E-state index is 0.463. The van der Waals surface area contributed by atoms with E-state index in [2.05, 4.69) is 38.1 Å². The van der Waals surface area contributed by atoms with Gasteiger partial charge in [-0.25, -0.2) is 0 Å². The maximum absolute atomic E-state index is 10.6. The van der Waals surface area contributed by atoms with Crippen LogP contribution in [0.2, 0.25) is 0 Å². The molecule has 0 fully saturated rings. The SMILES string of the molecule is CCCCc1cc(CCC)cc(-c2ccccc2)c1O. The minimum Gasteiger partial charge on any atom is -0.507 e. The highest BCUT2D eigenvalue weighted by atomic mass is 16.3. The Morgan fingerprint density at radius 2 is 1.65 bits per heavy atom. The van der Waals surface area contributed by atoms with Gasteiger partial charge < -0.3 is 5.11 Å². The molecule has 0 aliphatic heterocycles. The molecule has 0 bridgehead atoms. The fourth-order valence-electron chi connectivity index (χ4n) is 2.59. The van der Waals surface area contributed by atoms with Crippen LogP contribution in [0.1, 0.15) is 44.2 Å². The number of phenolic OH excluding ortho intramolecular Hbond substituents is 1. The summed E-state index contributed by atoms with van der Waals surface area (Å²) in [6.07, 6.45) is 5.43. The van der Waals surface area contributed by atoms with Gasteiger partial charge in [0.25, 0.3) is 0 Å². The predicted octanol–water partition coefficient (Wildman–Crippen LogP) is 5.35. The van der Waals surface area contributed by atoms with Crippen molar-refractivity contribution in [2.45, 2.75) is 46.0 Å². The van der Waals surface area contributed by atoms with Crippen molar-refractivity contribution < 1.29 is 5.11 Å². The van der Waals surface area contributed by atoms with Gasteiger partial charge in [0.1, 0.15) is 5.75 Å². The molecule has 2 rings (SSSR count). The largest absolute Gasteiger partial charge is 0.507 e. The molecular formula is C19H24O. The Morgan fingerprint density at radius 3 is 2.30 bits per heavy atom. The predicted molar refractivity (Wildman–Crippen MR) is 86.1 cm³/mol. The lowest BCUT2D eigenvalue weighted by Gasteiger charge is -2.13. The minimum atomic E-state index is 0.463. The third-order valence-corrected chi connectivity index (χ3v) is 3.67. The molecule has 0 aliphatic rings. The summed E-state index contributed by atoms with van der Waals surface area (Å²) < 4.78 is 0. The van der Waals surface area contributed by atoms with E-state index in [1.54, 1.807) is 0 Å². The smallest absolute Gasteiger partial charge is 0.126 e. The Hall–Kier alpha value is -1.76. The zero-order valence-electron chi connectivity index (χ0n) is 12.5. The van der Waals surface area contributed by atoms with E-state index in [1.807, 2.05) is 18.2 Å². The lowest BCUT2D eigenvalue weighted by atomic mass is 9.94. The maximum atomic E-state index is 10.6. The Kier molecular flexibility index (Phi) is 5.23. The van der Waals surface area contributed by atoms with Gasteiger partial charge in [-0.2, -0.15) is 0 Å². The average molecular weight is 268 g/mol. The molecule has 2 aromatic rings. The highest BCUT2D eigenvalue weighted by Crippen LogP contribution is 2.34. The maximum Gasteiger partial charge on any atom is 0.126 e. The molecule has 0 atom stereocenters. The summed E-state index contributed by atoms with van der Waals surface area (Å²) in [6, 6.07) is 14.5. The zero-order valence-corrected chi connectivity index (χ0v) is 12.5. The summed E-state index contributed by atoms with van der Waals surface area (Å²) in [5.74, 6) is 0.463. The van der Waals surface area contributed by atoms with Gasteiger partial charge in [-0.15, -0.1) is 0 Å². The molecule has 106 valence electrons. The standard InChI is InChI=1S/C19H24O/c1-3-5-10-17-13-15(9-4-2)14-18(19(17)20)16-11-7-6-8-12-16/h6-8,11-14,20H,3-5,9-10H2,1-2H3. The van der Waals surface area contributed by atoms with Crippen LogP contribution in [-0.2, 0) is 12.8 Å². The number of hydrogen-bond donors (Lipinski definition) is 1. The highest BCUT2D eigenvalue weighted by molar-refractivity contribution is 5.72. The third kappa shape index (κ3) is 3.41. The molecular weight excluding hydrogens is 244 g/mol. The first-order valence-corrected chi connectivity index (χ1v) is 7.66. The molecule has 1 nitrogen and oxygen atoms in total. The van der Waals surface area contributed by atoms with Crippen LogP contribution >= 0.6 is 0 Å². The molecule has 0 aliphatic carbocycles. The van der Waals surface area contributed by atoms with E-state index in [4.69, 9.17) is 0 Å². The van der Waals surface area contributed by atoms with Crippen molar-refractivity contribution in [1.29, 1.82) is 0 Å². The molecule has 20 heavy (non-hydrogen) atoms. The fraction of sp³-hybridized carbons (Fsp3) is 0.368. The lowest BCUT2D eigenvalue weighted by molar-refractivity contribution is 0.468. The highest BCUT2D eigenvalue weighted by Gasteiger charge is 2.11. The monoisotopic (exact) mass is 268 g/mol. The Bertz CT molecular complexity index is 543. The Morgan fingerprint density at radius 1 is 0.900 bits per heavy atom. The van der Waals surface area contributed by atoms with Crippen LogP contribution in [0.25, 0.3) is 11.1 Å². The molecule has 0 unspecified atom stereocenters. The zero-order chi connectivity index (χ0) is 14.4. The van der Waals surface area contributed by atoms with Gasteiger partial charge in [-0.1, -0.05) is 63.1 Å². The van der Waals surface area contributed by atoms with Crippen molar-refractivity contribution in [3.63, 3.8) is 0 Å². The Balaban J connectivity index is 2.46. The summed E-state index contributed by atoms with van der Waals surface area (Å²) in [6.45, 7) is 4.38. The molecule has 0 amide bonds. The van der Waals surface area contributed by atoms with Gasteiger partial charge in [0.2, 0.25) is 0 Å². The van der Waals surface area contributed by atoms with E-state index in [1.165, 1.54) is 5.56 Å². The van der Waals surface area contributed by atoms with Crippen LogP contribution in [0.5, 0.6) is 5.75 Å². The molecule has 2 aromatic carbocycles. The summed E-state index contributed by atoms with van der Waals surface area (Å²) in [7, 11) is 0. The van der Waals surface area contributed by atoms with Gasteiger partial charge in [-0.05, 0) is 42.0 Å². The topological polar surface area (TPSA) is 20.2 Å². The van der Waals surface area contributed by atoms with Crippen molar-refractivity contribution in [2.75, 3.05) is 0 Å². The molecule has 0 spiro atoms. The molecule has 0 saturated heterocycles. The van der Waals surface area contributed by atoms with E-state index in [0.717, 1.165) is 48.8 Å². The van der Waals surface area contributed by atoms with E-state index < -0.39 is 0 Å². The number of rotatable bonds is 6. The first kappa shape index (κ1) is 14.6. The van der Waals surface area contributed by atoms with E-state index in [9.17, 15) is 5.11 Å². The van der Waals surface area contributed by atoms with Crippen molar-refractivity contribution in [2.24, 2.45) is 0 Å². The quantitative estimate of drug-likeness (QED) is 0.748. The van der Waals surface area contributed by atoms with Gasteiger partial charge in [0.15, 0.2) is 0 Å². The summed E-state index contributed by atoms with van der Waals surface area (Å²) in [5, 5.41) is 10.6. The molecule has 1 heteroatoms. The number of aryl methyl sites for hydroxylation is 2. The van der Waals surface area contributed by atoms with Crippen LogP contribution in [0.4, 0.5) is 0 Å². The van der Waals surface area contributed by atoms with Gasteiger partial charge >= 0.3 is 0 Å². The number of benzene rings is 2. The molecule has 0 saturated carbocycles. The number of hydrogen-bond acceptors (Lipinski definition) is 1. The summed E-state index contributed by atoms with van der Waals surface area (Å²) in [4.78, 5) is 0. The number of unbranched alkanes of at least 4 members (excludes halogenated alkanes) is 1. The lowest BCUT2D eigenvalue weighted by Crippen LogP contribution is -1.93. The molecule has 0 heterocycles. The van der Waals surface area contributed by atoms with E-state index in [-0.39, 0.29) is 0 Å². The normalized spacial score (nSPS) is 10.7. The van der Waals surface area contributed by atoms with Crippen molar-refractivity contribution in [3.8, 4) is 16.9 Å². The second kappa shape index (κ2) is 7.14. The third-order valence-electron chi connectivity index (χ3n) is 3.67. The number of aromatic hydroxyl groups is 1. The van der Waals surface area contributed by atoms with Crippen molar-refractivity contribution >= 4 is 0 Å². The van der Waals surface area contributed by atoms with Gasteiger partial charge in [0.05, 0.1) is 0 Å². The van der Waals surface area contributed by atoms with Crippen LogP contribution in [-0.4, -0.2) is 5.11 Å². The van der Waals surface area contributed by atoms with Crippen LogP contribution in [0.3, 0.4) is 0 Å². The Labute approximate surface area is 122 Å². The van der Waals surface area contributed by atoms with Gasteiger partial charge in [0, 0.05) is 5.56 Å². The number of phenols is 1. The second-order valence-corrected chi connectivity index (χ2v) is 5.37. The van der Waals surface area contributed by atoms with Crippen molar-refractivity contribution in [3.05, 3.63) is 53.6 Å². The first-order valence-electron chi connectivity index (χ1n) is 7.66. The van der Waals surface area contributed by atoms with Crippen molar-refractivity contribution in [1.82, 2.24) is 0 Å². The van der Waals surface area contributed by atoms with Crippen LogP contribution < -0.4 is 0 Å². The van der Waals surface area contributed by atoms with Crippen LogP contribution in [0, 0.1) is 0 Å². The van der Waals surface area contributed by atoms with Gasteiger partial charge in [-0.3, -0.25) is 0 Å². The average Bonchev–Trinajstić information content (AvgIpc) is 2.48. The summed E-state index contributed by atoms with van der Waals surface area (Å²) in [5.41, 5.74) is 4.50. The van der Waals surface area contributed by atoms with E-state index >= 15 is 0 Å². The summed E-state index contributed by atoms with van der Waals surface area (Å²) >= 11 is 0.